The molecule has 33 heavy (non-hydrogen) atoms. The fourth-order valence-electron chi connectivity index (χ4n) is 5.03. The highest BCUT2D eigenvalue weighted by Gasteiger charge is 2.31. The van der Waals surface area contributed by atoms with E-state index in [1.165, 1.54) is 23.3 Å². The zero-order valence-electron chi connectivity index (χ0n) is 18.6. The number of rotatable bonds is 3. The minimum absolute atomic E-state index is 0.0450. The number of amides is 1. The van der Waals surface area contributed by atoms with Crippen LogP contribution in [0.25, 0.3) is 10.9 Å². The lowest BCUT2D eigenvalue weighted by atomic mass is 9.92. The van der Waals surface area contributed by atoms with Gasteiger partial charge in [-0.15, -0.1) is 0 Å². The summed E-state index contributed by atoms with van der Waals surface area (Å²) in [5.74, 6) is 0.647. The summed E-state index contributed by atoms with van der Waals surface area (Å²) in [6.45, 7) is 2.63. The lowest BCUT2D eigenvalue weighted by molar-refractivity contribution is -0.137. The molecule has 0 radical (unpaired) electrons. The van der Waals surface area contributed by atoms with Crippen molar-refractivity contribution in [2.24, 2.45) is 5.92 Å². The van der Waals surface area contributed by atoms with E-state index in [-0.39, 0.29) is 17.6 Å². The van der Waals surface area contributed by atoms with E-state index in [0.717, 1.165) is 12.2 Å². The largest absolute Gasteiger partial charge is 0.497 e. The molecular formula is C26H25FN4O2. The molecule has 0 bridgehead atoms. The van der Waals surface area contributed by atoms with E-state index in [4.69, 9.17) is 4.74 Å². The van der Waals surface area contributed by atoms with Crippen molar-refractivity contribution in [1.82, 2.24) is 9.88 Å². The highest BCUT2D eigenvalue weighted by Crippen LogP contribution is 2.34. The van der Waals surface area contributed by atoms with Gasteiger partial charge in [0, 0.05) is 43.7 Å². The first kappa shape index (κ1) is 21.2. The number of carbonyl (C=O) groups excluding carboxylic acids is 1. The Labute approximate surface area is 192 Å². The summed E-state index contributed by atoms with van der Waals surface area (Å²) in [7, 11) is 1.66. The molecule has 168 valence electrons. The summed E-state index contributed by atoms with van der Waals surface area (Å²) in [5, 5.41) is 10.3. The van der Waals surface area contributed by atoms with Gasteiger partial charge >= 0.3 is 0 Å². The highest BCUT2D eigenvalue weighted by atomic mass is 19.1. The first-order valence-corrected chi connectivity index (χ1v) is 11.3. The number of nitrogens with zero attached hydrogens (tertiary/aromatic N) is 4. The molecule has 7 heteroatoms. The number of hydrogen-bond donors (Lipinski definition) is 0. The first-order valence-electron chi connectivity index (χ1n) is 11.3. The Kier molecular flexibility index (Phi) is 5.59. The van der Waals surface area contributed by atoms with Crippen LogP contribution in [-0.2, 0) is 17.8 Å². The molecule has 1 saturated heterocycles. The van der Waals surface area contributed by atoms with E-state index >= 15 is 0 Å². The molecule has 0 unspecified atom stereocenters. The number of hydrogen-bond acceptors (Lipinski definition) is 5. The number of benzene rings is 2. The number of ether oxygens (including phenoxy) is 1. The van der Waals surface area contributed by atoms with Crippen LogP contribution >= 0.6 is 0 Å². The van der Waals surface area contributed by atoms with Crippen molar-refractivity contribution in [3.8, 4) is 11.8 Å². The molecule has 3 aromatic rings. The molecular weight excluding hydrogens is 419 g/mol. The topological polar surface area (TPSA) is 69.5 Å². The summed E-state index contributed by atoms with van der Waals surface area (Å²) < 4.78 is 19.3. The molecule has 2 aliphatic heterocycles. The quantitative estimate of drug-likeness (QED) is 0.610. The molecule has 3 heterocycles. The number of fused-ring (bicyclic) bond motifs is 2. The molecule has 0 atom stereocenters. The van der Waals surface area contributed by atoms with E-state index in [1.807, 2.05) is 17.0 Å². The van der Waals surface area contributed by atoms with Gasteiger partial charge in [0.25, 0.3) is 0 Å². The van der Waals surface area contributed by atoms with Crippen LogP contribution in [0.5, 0.6) is 5.75 Å². The minimum atomic E-state index is -0.353. The number of anilines is 1. The van der Waals surface area contributed by atoms with Crippen LogP contribution in [0.3, 0.4) is 0 Å². The van der Waals surface area contributed by atoms with Gasteiger partial charge in [-0.3, -0.25) is 9.78 Å². The van der Waals surface area contributed by atoms with E-state index in [9.17, 15) is 14.4 Å². The molecule has 0 N–H and O–H groups in total. The van der Waals surface area contributed by atoms with E-state index in [0.29, 0.717) is 61.2 Å². The molecule has 6 nitrogen and oxygen atoms in total. The number of methoxy groups -OCH3 is 1. The van der Waals surface area contributed by atoms with E-state index < -0.39 is 0 Å². The van der Waals surface area contributed by atoms with Crippen LogP contribution in [0, 0.1) is 23.1 Å². The molecule has 0 spiro atoms. The van der Waals surface area contributed by atoms with Gasteiger partial charge in [-0.05, 0) is 60.7 Å². The minimum Gasteiger partial charge on any atom is -0.497 e. The van der Waals surface area contributed by atoms with Crippen molar-refractivity contribution in [2.75, 3.05) is 31.6 Å². The third-order valence-electron chi connectivity index (χ3n) is 6.82. The van der Waals surface area contributed by atoms with Gasteiger partial charge in [0.15, 0.2) is 0 Å². The Hall–Kier alpha value is -3.66. The van der Waals surface area contributed by atoms with Gasteiger partial charge in [-0.1, -0.05) is 6.07 Å². The van der Waals surface area contributed by atoms with Gasteiger partial charge in [0.05, 0.1) is 23.9 Å². The van der Waals surface area contributed by atoms with Crippen molar-refractivity contribution in [3.63, 3.8) is 0 Å². The van der Waals surface area contributed by atoms with Crippen molar-refractivity contribution in [2.45, 2.75) is 25.8 Å². The van der Waals surface area contributed by atoms with Gasteiger partial charge in [0.2, 0.25) is 5.91 Å². The van der Waals surface area contributed by atoms with Crippen molar-refractivity contribution in [3.05, 3.63) is 65.1 Å². The number of piperidine rings is 1. The Balaban J connectivity index is 1.30. The second-order valence-electron chi connectivity index (χ2n) is 8.70. The Bertz CT molecular complexity index is 1260. The fourth-order valence-corrected chi connectivity index (χ4v) is 5.03. The van der Waals surface area contributed by atoms with Gasteiger partial charge in [-0.25, -0.2) is 4.39 Å². The molecule has 1 aromatic heterocycles. The van der Waals surface area contributed by atoms with Crippen LogP contribution in [0.4, 0.5) is 10.1 Å². The van der Waals surface area contributed by atoms with Gasteiger partial charge < -0.3 is 14.5 Å². The zero-order chi connectivity index (χ0) is 22.9. The smallest absolute Gasteiger partial charge is 0.226 e. The lowest BCUT2D eigenvalue weighted by Gasteiger charge is -2.37. The first-order chi connectivity index (χ1) is 16.1. The van der Waals surface area contributed by atoms with E-state index in [1.54, 1.807) is 19.4 Å². The SMILES string of the molecule is COc1ccc2c(c1)CCN(C(=O)C1CCN(c3c(C#N)cnc4ccc(F)cc34)CC1)C2. The second-order valence-corrected chi connectivity index (χ2v) is 8.70. The normalized spacial score (nSPS) is 16.4. The van der Waals surface area contributed by atoms with Crippen molar-refractivity contribution >= 4 is 22.5 Å². The summed E-state index contributed by atoms with van der Waals surface area (Å²) in [6.07, 6.45) is 3.79. The summed E-state index contributed by atoms with van der Waals surface area (Å²) in [5.41, 5.74) is 4.23. The Morgan fingerprint density at radius 1 is 1.15 bits per heavy atom. The van der Waals surface area contributed by atoms with Crippen molar-refractivity contribution < 1.29 is 13.9 Å². The van der Waals surface area contributed by atoms with Crippen LogP contribution in [-0.4, -0.2) is 42.5 Å². The molecule has 1 fully saturated rings. The van der Waals surface area contributed by atoms with Gasteiger partial charge in [-0.2, -0.15) is 5.26 Å². The number of aromatic nitrogens is 1. The summed E-state index contributed by atoms with van der Waals surface area (Å²) in [6, 6.07) is 12.7. The maximum Gasteiger partial charge on any atom is 0.226 e. The highest BCUT2D eigenvalue weighted by molar-refractivity contribution is 5.94. The lowest BCUT2D eigenvalue weighted by Crippen LogP contribution is -2.44. The monoisotopic (exact) mass is 444 g/mol. The number of nitriles is 1. The average Bonchev–Trinajstić information content (AvgIpc) is 2.87. The Morgan fingerprint density at radius 3 is 2.73 bits per heavy atom. The molecule has 2 aromatic carbocycles. The summed E-state index contributed by atoms with van der Waals surface area (Å²) >= 11 is 0. The average molecular weight is 445 g/mol. The van der Waals surface area contributed by atoms with Crippen LogP contribution in [0.1, 0.15) is 29.5 Å². The number of carbonyl (C=O) groups is 1. The van der Waals surface area contributed by atoms with Gasteiger partial charge in [0.1, 0.15) is 17.6 Å². The van der Waals surface area contributed by atoms with Crippen LogP contribution in [0.15, 0.2) is 42.6 Å². The summed E-state index contributed by atoms with van der Waals surface area (Å²) in [4.78, 5) is 21.6. The van der Waals surface area contributed by atoms with E-state index in [2.05, 4.69) is 22.0 Å². The van der Waals surface area contributed by atoms with Crippen LogP contribution < -0.4 is 9.64 Å². The predicted molar refractivity (Wildman–Crippen MR) is 123 cm³/mol. The van der Waals surface area contributed by atoms with Crippen LogP contribution in [0.2, 0.25) is 0 Å². The third-order valence-corrected chi connectivity index (χ3v) is 6.82. The predicted octanol–water partition coefficient (Wildman–Crippen LogP) is 4.06. The Morgan fingerprint density at radius 2 is 1.97 bits per heavy atom. The molecule has 0 aliphatic carbocycles. The maximum atomic E-state index is 14.0. The zero-order valence-corrected chi connectivity index (χ0v) is 18.6. The molecule has 2 aliphatic rings. The number of pyridine rings is 1. The van der Waals surface area contributed by atoms with Crippen molar-refractivity contribution in [1.29, 1.82) is 5.26 Å². The standard InChI is InChI=1S/C26H25FN4O2/c1-33-22-4-2-19-16-31(11-8-18(19)12-22)26(32)17-6-9-30(10-7-17)25-20(14-28)15-29-24-5-3-21(27)13-23(24)25/h2-5,12-13,15,17H,6-11,16H2,1H3. The molecule has 0 saturated carbocycles. The molecule has 1 amide bonds. The fraction of sp³-hybridized carbons (Fsp3) is 0.346. The third kappa shape index (κ3) is 3.97. The maximum absolute atomic E-state index is 14.0. The number of halogens is 1. The molecule has 5 rings (SSSR count). The second kappa shape index (κ2) is 8.70.